The van der Waals surface area contributed by atoms with Crippen molar-refractivity contribution in [1.29, 1.82) is 0 Å². The lowest BCUT2D eigenvalue weighted by Gasteiger charge is -2.37. The van der Waals surface area contributed by atoms with Gasteiger partial charge in [0.25, 0.3) is 0 Å². The van der Waals surface area contributed by atoms with Crippen molar-refractivity contribution in [2.75, 3.05) is 50.7 Å². The first-order valence-electron chi connectivity index (χ1n) is 11.3. The molecule has 1 aliphatic carbocycles. The summed E-state index contributed by atoms with van der Waals surface area (Å²) in [5.41, 5.74) is 2.16. The maximum Gasteiger partial charge on any atom is 0.224 e. The minimum atomic E-state index is 0.211. The van der Waals surface area contributed by atoms with E-state index in [1.165, 1.54) is 12.1 Å². The van der Waals surface area contributed by atoms with Crippen molar-refractivity contribution in [2.24, 2.45) is 5.92 Å². The van der Waals surface area contributed by atoms with Gasteiger partial charge in [-0.15, -0.1) is 0 Å². The van der Waals surface area contributed by atoms with Crippen molar-refractivity contribution in [3.63, 3.8) is 0 Å². The smallest absolute Gasteiger partial charge is 0.224 e. The molecular formula is C23H31N5O2. The van der Waals surface area contributed by atoms with E-state index < -0.39 is 0 Å². The van der Waals surface area contributed by atoms with Crippen LogP contribution in [-0.4, -0.2) is 77.6 Å². The topological polar surface area (TPSA) is 61.8 Å². The highest BCUT2D eigenvalue weighted by atomic mass is 16.5. The molecule has 0 bridgehead atoms. The summed E-state index contributed by atoms with van der Waals surface area (Å²) in [5.74, 6) is 1.55. The Kier molecular flexibility index (Phi) is 5.46. The van der Waals surface area contributed by atoms with Gasteiger partial charge in [-0.05, 0) is 49.8 Å². The van der Waals surface area contributed by atoms with Crippen LogP contribution in [0.2, 0.25) is 0 Å². The van der Waals surface area contributed by atoms with Crippen LogP contribution >= 0.6 is 0 Å². The molecule has 2 saturated heterocycles. The van der Waals surface area contributed by atoms with E-state index in [1.807, 2.05) is 4.90 Å². The Bertz CT molecular complexity index is 908. The quantitative estimate of drug-likeness (QED) is 0.756. The summed E-state index contributed by atoms with van der Waals surface area (Å²) in [6.45, 7) is 8.77. The summed E-state index contributed by atoms with van der Waals surface area (Å²) in [4.78, 5) is 27.4. The number of carbonyl (C=O) groups is 1. The van der Waals surface area contributed by atoms with Gasteiger partial charge in [-0.2, -0.15) is 0 Å². The van der Waals surface area contributed by atoms with E-state index in [2.05, 4.69) is 38.0 Å². The Morgan fingerprint density at radius 2 is 1.93 bits per heavy atom. The Hall–Kier alpha value is -2.41. The van der Waals surface area contributed by atoms with E-state index in [4.69, 9.17) is 4.74 Å². The van der Waals surface area contributed by atoms with Crippen molar-refractivity contribution >= 4 is 22.5 Å². The average Bonchev–Trinajstić information content (AvgIpc) is 3.20. The number of likely N-dealkylation sites (tertiary alicyclic amines) is 1. The molecule has 1 amide bonds. The molecule has 3 aliphatic rings. The fourth-order valence-corrected chi connectivity index (χ4v) is 4.78. The van der Waals surface area contributed by atoms with Gasteiger partial charge in [-0.25, -0.2) is 9.97 Å². The summed E-state index contributed by atoms with van der Waals surface area (Å²) >= 11 is 0. The number of anilines is 1. The van der Waals surface area contributed by atoms with E-state index in [0.717, 1.165) is 81.9 Å². The van der Waals surface area contributed by atoms with Crippen LogP contribution in [0.5, 0.6) is 5.88 Å². The van der Waals surface area contributed by atoms with Crippen LogP contribution in [0.15, 0.2) is 24.5 Å². The van der Waals surface area contributed by atoms with Crippen molar-refractivity contribution in [3.8, 4) is 5.88 Å². The lowest BCUT2D eigenvalue weighted by Crippen LogP contribution is -2.48. The third-order valence-corrected chi connectivity index (χ3v) is 6.90. The van der Waals surface area contributed by atoms with E-state index in [0.29, 0.717) is 12.0 Å². The van der Waals surface area contributed by atoms with Gasteiger partial charge < -0.3 is 14.5 Å². The maximum absolute atomic E-state index is 11.6. The molecule has 1 aromatic carbocycles. The zero-order valence-corrected chi connectivity index (χ0v) is 17.8. The summed E-state index contributed by atoms with van der Waals surface area (Å²) in [6, 6.07) is 6.45. The summed E-state index contributed by atoms with van der Waals surface area (Å²) in [7, 11) is 0. The molecule has 1 atom stereocenters. The highest BCUT2D eigenvalue weighted by molar-refractivity contribution is 5.86. The van der Waals surface area contributed by atoms with Gasteiger partial charge in [0.05, 0.1) is 10.9 Å². The molecule has 3 fully saturated rings. The standard InChI is InChI=1S/C23H31N5O2/c1-17(29)28-8-7-18(15-28)14-26-9-11-27(12-10-26)19-5-6-22-21(13-19)23(25-16-24-22)30-20-3-2-4-20/h5-6,13,16,18,20H,2-4,7-12,14-15H2,1H3. The number of ether oxygens (including phenoxy) is 1. The van der Waals surface area contributed by atoms with Crippen LogP contribution in [-0.2, 0) is 4.79 Å². The van der Waals surface area contributed by atoms with Gasteiger partial charge in [-0.3, -0.25) is 9.69 Å². The third-order valence-electron chi connectivity index (χ3n) is 6.90. The summed E-state index contributed by atoms with van der Waals surface area (Å²) in [5, 5.41) is 1.01. The second kappa shape index (κ2) is 8.38. The molecule has 2 aliphatic heterocycles. The second-order valence-corrected chi connectivity index (χ2v) is 8.96. The number of fused-ring (bicyclic) bond motifs is 1. The number of nitrogens with zero attached hydrogens (tertiary/aromatic N) is 5. The zero-order valence-electron chi connectivity index (χ0n) is 17.8. The Morgan fingerprint density at radius 1 is 1.10 bits per heavy atom. The Labute approximate surface area is 178 Å². The van der Waals surface area contributed by atoms with Gasteiger partial charge in [0.15, 0.2) is 0 Å². The lowest BCUT2D eigenvalue weighted by atomic mass is 9.96. The number of rotatable bonds is 5. The molecule has 160 valence electrons. The highest BCUT2D eigenvalue weighted by Crippen LogP contribution is 2.31. The van der Waals surface area contributed by atoms with E-state index >= 15 is 0 Å². The number of benzene rings is 1. The number of piperazine rings is 1. The number of carbonyl (C=O) groups excluding carboxylic acids is 1. The van der Waals surface area contributed by atoms with Crippen LogP contribution in [0.1, 0.15) is 32.6 Å². The fraction of sp³-hybridized carbons (Fsp3) is 0.609. The molecule has 0 N–H and O–H groups in total. The van der Waals surface area contributed by atoms with Crippen LogP contribution in [0, 0.1) is 5.92 Å². The highest BCUT2D eigenvalue weighted by Gasteiger charge is 2.27. The zero-order chi connectivity index (χ0) is 20.5. The van der Waals surface area contributed by atoms with Gasteiger partial charge in [0, 0.05) is 58.4 Å². The van der Waals surface area contributed by atoms with Gasteiger partial charge in [-0.1, -0.05) is 0 Å². The van der Waals surface area contributed by atoms with E-state index in [1.54, 1.807) is 13.3 Å². The van der Waals surface area contributed by atoms with Gasteiger partial charge >= 0.3 is 0 Å². The summed E-state index contributed by atoms with van der Waals surface area (Å²) < 4.78 is 6.12. The first kappa shape index (κ1) is 19.5. The van der Waals surface area contributed by atoms with Gasteiger partial charge in [0.2, 0.25) is 11.8 Å². The van der Waals surface area contributed by atoms with Crippen molar-refractivity contribution in [2.45, 2.75) is 38.7 Å². The van der Waals surface area contributed by atoms with E-state index in [-0.39, 0.29) is 5.91 Å². The predicted octanol–water partition coefficient (Wildman–Crippen LogP) is 2.55. The van der Waals surface area contributed by atoms with Crippen LogP contribution < -0.4 is 9.64 Å². The first-order valence-corrected chi connectivity index (χ1v) is 11.3. The molecule has 1 saturated carbocycles. The van der Waals surface area contributed by atoms with Crippen LogP contribution in [0.3, 0.4) is 0 Å². The normalized spacial score (nSPS) is 23.0. The van der Waals surface area contributed by atoms with Crippen molar-refractivity contribution in [1.82, 2.24) is 19.8 Å². The number of hydrogen-bond acceptors (Lipinski definition) is 6. The molecule has 7 heteroatoms. The second-order valence-electron chi connectivity index (χ2n) is 8.96. The largest absolute Gasteiger partial charge is 0.474 e. The number of aromatic nitrogens is 2. The SMILES string of the molecule is CC(=O)N1CCC(CN2CCN(c3ccc4ncnc(OC5CCC5)c4c3)CC2)C1. The molecule has 1 unspecified atom stereocenters. The molecule has 5 rings (SSSR count). The first-order chi connectivity index (χ1) is 14.7. The molecule has 2 aromatic rings. The Balaban J connectivity index is 1.21. The average molecular weight is 410 g/mol. The number of amides is 1. The van der Waals surface area contributed by atoms with Crippen molar-refractivity contribution < 1.29 is 9.53 Å². The molecule has 3 heterocycles. The summed E-state index contributed by atoms with van der Waals surface area (Å²) in [6.07, 6.45) is 6.54. The molecule has 0 radical (unpaired) electrons. The molecule has 0 spiro atoms. The minimum absolute atomic E-state index is 0.211. The molecule has 7 nitrogen and oxygen atoms in total. The lowest BCUT2D eigenvalue weighted by molar-refractivity contribution is -0.127. The maximum atomic E-state index is 11.6. The van der Waals surface area contributed by atoms with Crippen LogP contribution in [0.4, 0.5) is 5.69 Å². The van der Waals surface area contributed by atoms with Gasteiger partial charge in [0.1, 0.15) is 12.4 Å². The minimum Gasteiger partial charge on any atom is -0.474 e. The van der Waals surface area contributed by atoms with Crippen molar-refractivity contribution in [3.05, 3.63) is 24.5 Å². The monoisotopic (exact) mass is 409 g/mol. The molecular weight excluding hydrogens is 378 g/mol. The number of hydrogen-bond donors (Lipinski definition) is 0. The fourth-order valence-electron chi connectivity index (χ4n) is 4.78. The van der Waals surface area contributed by atoms with Crippen LogP contribution in [0.25, 0.3) is 10.9 Å². The predicted molar refractivity (Wildman–Crippen MR) is 117 cm³/mol. The molecule has 30 heavy (non-hydrogen) atoms. The Morgan fingerprint density at radius 3 is 2.63 bits per heavy atom. The van der Waals surface area contributed by atoms with E-state index in [9.17, 15) is 4.79 Å². The third kappa shape index (κ3) is 4.08. The molecule has 1 aromatic heterocycles.